The smallest absolute Gasteiger partial charge is 0.387 e. The highest BCUT2D eigenvalue weighted by Gasteiger charge is 2.27. The fraction of sp³-hybridized carbons (Fsp3) is 0.292. The zero-order valence-corrected chi connectivity index (χ0v) is 19.3. The van der Waals surface area contributed by atoms with Crippen LogP contribution in [0.4, 0.5) is 20.3 Å². The minimum absolute atomic E-state index is 0.0249. The number of anilines is 2. The van der Waals surface area contributed by atoms with E-state index in [0.717, 1.165) is 17.4 Å². The largest absolute Gasteiger partial charge is 0.496 e. The van der Waals surface area contributed by atoms with Gasteiger partial charge in [-0.2, -0.15) is 8.78 Å². The lowest BCUT2D eigenvalue weighted by molar-refractivity contribution is -0.0498. The van der Waals surface area contributed by atoms with Gasteiger partial charge in [0.1, 0.15) is 17.3 Å². The summed E-state index contributed by atoms with van der Waals surface area (Å²) in [5, 5.41) is 0. The van der Waals surface area contributed by atoms with E-state index in [-0.39, 0.29) is 35.9 Å². The van der Waals surface area contributed by atoms with Crippen LogP contribution in [0.15, 0.2) is 58.1 Å². The molecule has 1 aromatic heterocycles. The van der Waals surface area contributed by atoms with Gasteiger partial charge >= 0.3 is 12.3 Å². The Bertz CT molecular complexity index is 1310. The summed E-state index contributed by atoms with van der Waals surface area (Å²) >= 11 is 0. The number of carbonyl (C=O) groups excluding carboxylic acids is 1. The molecule has 0 fully saturated rings. The average molecular weight is 488 g/mol. The lowest BCUT2D eigenvalue weighted by Crippen LogP contribution is -2.41. The van der Waals surface area contributed by atoms with Gasteiger partial charge in [0.15, 0.2) is 5.69 Å². The fourth-order valence-corrected chi connectivity index (χ4v) is 3.59. The van der Waals surface area contributed by atoms with Crippen molar-refractivity contribution in [2.75, 3.05) is 17.7 Å². The Balaban J connectivity index is 2.17. The van der Waals surface area contributed by atoms with Crippen LogP contribution in [-0.2, 0) is 13.1 Å². The Hall–Kier alpha value is -4.15. The monoisotopic (exact) mass is 488 g/mol. The van der Waals surface area contributed by atoms with Gasteiger partial charge in [-0.05, 0) is 30.7 Å². The van der Waals surface area contributed by atoms with Gasteiger partial charge in [0.05, 0.1) is 13.7 Å². The topological polar surface area (TPSA) is 120 Å². The summed E-state index contributed by atoms with van der Waals surface area (Å²) in [6.07, 6.45) is 1.38. The lowest BCUT2D eigenvalue weighted by atomic mass is 10.1. The molecule has 0 aliphatic carbocycles. The summed E-state index contributed by atoms with van der Waals surface area (Å²) in [5.74, 6) is -0.670. The Labute approximate surface area is 199 Å². The summed E-state index contributed by atoms with van der Waals surface area (Å²) in [6, 6.07) is 12.0. The molecule has 1 heterocycles. The first-order valence-electron chi connectivity index (χ1n) is 10.9. The third-order valence-corrected chi connectivity index (χ3v) is 5.29. The number of amides is 1. The molecule has 0 aliphatic heterocycles. The first-order chi connectivity index (χ1) is 16.8. The quantitative estimate of drug-likeness (QED) is 0.452. The van der Waals surface area contributed by atoms with Crippen molar-refractivity contribution in [3.8, 4) is 11.5 Å². The maximum Gasteiger partial charge on any atom is 0.387 e. The van der Waals surface area contributed by atoms with Crippen molar-refractivity contribution in [3.63, 3.8) is 0 Å². The predicted molar refractivity (Wildman–Crippen MR) is 127 cm³/mol. The van der Waals surface area contributed by atoms with E-state index in [1.165, 1.54) is 29.9 Å². The van der Waals surface area contributed by atoms with Crippen LogP contribution < -0.4 is 31.4 Å². The van der Waals surface area contributed by atoms with Crippen molar-refractivity contribution in [3.05, 3.63) is 80.5 Å². The van der Waals surface area contributed by atoms with E-state index in [2.05, 4.69) is 9.72 Å². The van der Waals surface area contributed by atoms with Crippen LogP contribution in [0.2, 0.25) is 0 Å². The molecule has 0 spiro atoms. The van der Waals surface area contributed by atoms with Gasteiger partial charge in [0.2, 0.25) is 0 Å². The van der Waals surface area contributed by atoms with Gasteiger partial charge in [-0.15, -0.1) is 0 Å². The second-order valence-corrected chi connectivity index (χ2v) is 7.61. The number of para-hydroxylation sites is 1. The number of rotatable bonds is 10. The number of H-pyrrole nitrogens is 1. The number of nitrogens with zero attached hydrogens (tertiary/aromatic N) is 2. The number of benzene rings is 2. The van der Waals surface area contributed by atoms with Crippen LogP contribution in [0.5, 0.6) is 11.5 Å². The van der Waals surface area contributed by atoms with Gasteiger partial charge in [0, 0.05) is 17.7 Å². The van der Waals surface area contributed by atoms with Crippen molar-refractivity contribution in [1.82, 2.24) is 9.55 Å². The fourth-order valence-electron chi connectivity index (χ4n) is 3.59. The lowest BCUT2D eigenvalue weighted by Gasteiger charge is -2.25. The first-order valence-corrected chi connectivity index (χ1v) is 10.9. The summed E-state index contributed by atoms with van der Waals surface area (Å²) in [4.78, 5) is 42.3. The van der Waals surface area contributed by atoms with Crippen LogP contribution in [0.25, 0.3) is 0 Å². The van der Waals surface area contributed by atoms with Crippen LogP contribution in [0.3, 0.4) is 0 Å². The second kappa shape index (κ2) is 11.3. The van der Waals surface area contributed by atoms with E-state index in [1.54, 1.807) is 24.3 Å². The van der Waals surface area contributed by atoms with E-state index in [1.807, 2.05) is 6.92 Å². The van der Waals surface area contributed by atoms with E-state index in [0.29, 0.717) is 17.7 Å². The number of aromatic nitrogens is 2. The van der Waals surface area contributed by atoms with Crippen molar-refractivity contribution >= 4 is 17.4 Å². The minimum atomic E-state index is -3.08. The molecular weight excluding hydrogens is 462 g/mol. The van der Waals surface area contributed by atoms with Crippen molar-refractivity contribution in [1.29, 1.82) is 0 Å². The molecule has 9 nitrogen and oxygen atoms in total. The van der Waals surface area contributed by atoms with Crippen LogP contribution in [0.1, 0.15) is 35.7 Å². The van der Waals surface area contributed by atoms with Crippen LogP contribution >= 0.6 is 0 Å². The Morgan fingerprint density at radius 3 is 2.60 bits per heavy atom. The van der Waals surface area contributed by atoms with Gasteiger partial charge < -0.3 is 15.2 Å². The third kappa shape index (κ3) is 5.86. The number of aromatic amines is 1. The van der Waals surface area contributed by atoms with Crippen LogP contribution in [0, 0.1) is 0 Å². The molecule has 0 saturated heterocycles. The Morgan fingerprint density at radius 2 is 1.91 bits per heavy atom. The van der Waals surface area contributed by atoms with Crippen molar-refractivity contribution in [2.24, 2.45) is 0 Å². The molecule has 0 unspecified atom stereocenters. The highest BCUT2D eigenvalue weighted by molar-refractivity contribution is 6.07. The number of methoxy groups -OCH3 is 1. The summed E-state index contributed by atoms with van der Waals surface area (Å²) in [5.41, 5.74) is 4.99. The second-order valence-electron chi connectivity index (χ2n) is 7.61. The SMILES string of the molecule is CCCCn1c(N)c(N(Cc2ccccc2OC)C(=O)c2cccc(OC(F)F)c2)c(=O)[nH]c1=O. The first kappa shape index (κ1) is 25.5. The molecule has 186 valence electrons. The number of carbonyl (C=O) groups is 1. The third-order valence-electron chi connectivity index (χ3n) is 5.29. The molecule has 0 radical (unpaired) electrons. The number of alkyl halides is 2. The van der Waals surface area contributed by atoms with Crippen LogP contribution in [-0.4, -0.2) is 29.2 Å². The van der Waals surface area contributed by atoms with E-state index in [9.17, 15) is 23.2 Å². The maximum atomic E-state index is 13.6. The van der Waals surface area contributed by atoms with Crippen molar-refractivity contribution < 1.29 is 23.0 Å². The number of hydrogen-bond donors (Lipinski definition) is 2. The molecule has 0 aliphatic rings. The molecule has 35 heavy (non-hydrogen) atoms. The average Bonchev–Trinajstić information content (AvgIpc) is 2.82. The molecule has 0 saturated carbocycles. The number of ether oxygens (including phenoxy) is 2. The Morgan fingerprint density at radius 1 is 1.17 bits per heavy atom. The highest BCUT2D eigenvalue weighted by Crippen LogP contribution is 2.27. The zero-order chi connectivity index (χ0) is 25.5. The number of nitrogens with two attached hydrogens (primary N) is 1. The molecule has 2 aromatic carbocycles. The molecular formula is C24H26F2N4O5. The Kier molecular flexibility index (Phi) is 8.24. The summed E-state index contributed by atoms with van der Waals surface area (Å²) in [7, 11) is 1.46. The van der Waals surface area contributed by atoms with E-state index in [4.69, 9.17) is 10.5 Å². The number of nitrogen functional groups attached to an aromatic ring is 1. The number of unbranched alkanes of at least 4 members (excludes halogenated alkanes) is 1. The standard InChI is InChI=1S/C24H26F2N4O5/c1-3-4-12-29-20(27)19(21(31)28-24(29)33)30(14-16-8-5-6-11-18(16)34-2)22(32)15-9-7-10-17(13-15)35-23(25)26/h5-11,13,23H,3-4,12,14,27H2,1-2H3,(H,28,31,33). The van der Waals surface area contributed by atoms with Gasteiger partial charge in [0.25, 0.3) is 11.5 Å². The molecule has 3 N–H and O–H groups in total. The van der Waals surface area contributed by atoms with Gasteiger partial charge in [-0.1, -0.05) is 37.6 Å². The number of nitrogens with one attached hydrogen (secondary N) is 1. The molecule has 0 bridgehead atoms. The van der Waals surface area contributed by atoms with E-state index >= 15 is 0 Å². The maximum absolute atomic E-state index is 13.6. The normalized spacial score (nSPS) is 10.9. The molecule has 3 aromatic rings. The summed E-state index contributed by atoms with van der Waals surface area (Å²) in [6.45, 7) is -1.06. The molecule has 1 amide bonds. The van der Waals surface area contributed by atoms with Gasteiger partial charge in [-0.3, -0.25) is 24.0 Å². The van der Waals surface area contributed by atoms with E-state index < -0.39 is 23.8 Å². The molecule has 11 heteroatoms. The molecule has 3 rings (SSSR count). The zero-order valence-electron chi connectivity index (χ0n) is 19.3. The summed E-state index contributed by atoms with van der Waals surface area (Å²) < 4.78 is 36.4. The highest BCUT2D eigenvalue weighted by atomic mass is 19.3. The van der Waals surface area contributed by atoms with Gasteiger partial charge in [-0.25, -0.2) is 4.79 Å². The van der Waals surface area contributed by atoms with Crippen molar-refractivity contribution in [2.45, 2.75) is 39.5 Å². The number of hydrogen-bond acceptors (Lipinski definition) is 6. The minimum Gasteiger partial charge on any atom is -0.496 e. The predicted octanol–water partition coefficient (Wildman–Crippen LogP) is 3.38. The molecule has 0 atom stereocenters. The number of halogens is 2.